The molecule has 0 bridgehead atoms. The molecular formula is C51H60I8N4O15. The molecule has 3 amide bonds. The Labute approximate surface area is 562 Å². The number of carbonyl (C=O) groups is 6. The molecule has 4 aromatic carbocycles. The molecule has 27 heteroatoms. The maximum atomic E-state index is 11.0. The lowest BCUT2D eigenvalue weighted by Crippen LogP contribution is -2.33. The summed E-state index contributed by atoms with van der Waals surface area (Å²) in [5.41, 5.74) is 6.98. The quantitative estimate of drug-likeness (QED) is 0.0158. The average molecular weight is 1980 g/mol. The van der Waals surface area contributed by atoms with Crippen LogP contribution in [0.3, 0.4) is 0 Å². The Morgan fingerprint density at radius 3 is 1.32 bits per heavy atom. The van der Waals surface area contributed by atoms with E-state index in [-0.39, 0.29) is 31.6 Å². The molecule has 0 saturated carbocycles. The minimum atomic E-state index is -1.02. The monoisotopic (exact) mass is 1980 g/mol. The lowest BCUT2D eigenvalue weighted by Gasteiger charge is -2.15. The molecule has 1 aliphatic rings. The van der Waals surface area contributed by atoms with Crippen LogP contribution in [0, 0.1) is 28.6 Å². The fourth-order valence-electron chi connectivity index (χ4n) is 6.40. The van der Waals surface area contributed by atoms with Crippen LogP contribution >= 0.6 is 181 Å². The second kappa shape index (κ2) is 40.9. The van der Waals surface area contributed by atoms with E-state index in [2.05, 4.69) is 196 Å². The SMILES string of the molecule is CC.NCCCNCCCOc1c(I)cc(Oc2c(I)cc(CC(=O)O)cc2I)cc1I.O=C(CO)ON1C(=O)CCC1=O.O=C(O)Cc1cc(I)c(Oc2cc(I)c(OCCCCCCCNC(=O)CO)c(I)c2)c(I)c1. The van der Waals surface area contributed by atoms with E-state index in [9.17, 15) is 28.8 Å². The average Bonchev–Trinajstić information content (AvgIpc) is 3.69. The second-order valence-corrected chi connectivity index (χ2v) is 25.3. The van der Waals surface area contributed by atoms with Crippen molar-refractivity contribution in [2.24, 2.45) is 5.73 Å². The first-order valence-corrected chi connectivity index (χ1v) is 32.7. The van der Waals surface area contributed by atoms with Gasteiger partial charge in [0.15, 0.2) is 11.5 Å². The number of unbranched alkanes of at least 4 members (excludes halogenated alkanes) is 4. The van der Waals surface area contributed by atoms with Crippen molar-refractivity contribution in [1.82, 2.24) is 15.7 Å². The van der Waals surface area contributed by atoms with Gasteiger partial charge in [-0.2, -0.15) is 0 Å². The number of aliphatic carboxylic acids is 2. The first kappa shape index (κ1) is 72.9. The molecule has 430 valence electrons. The van der Waals surface area contributed by atoms with Gasteiger partial charge in [0.1, 0.15) is 36.2 Å². The van der Waals surface area contributed by atoms with Crippen molar-refractivity contribution in [3.05, 3.63) is 88.2 Å². The largest absolute Gasteiger partial charge is 0.491 e. The lowest BCUT2D eigenvalue weighted by atomic mass is 10.1. The summed E-state index contributed by atoms with van der Waals surface area (Å²) in [5.74, 6) is 0.436. The number of carboxylic acids is 2. The van der Waals surface area contributed by atoms with E-state index in [0.29, 0.717) is 42.9 Å². The van der Waals surface area contributed by atoms with Gasteiger partial charge in [0, 0.05) is 19.4 Å². The molecule has 1 aliphatic heterocycles. The van der Waals surface area contributed by atoms with Crippen molar-refractivity contribution in [2.45, 2.75) is 84.5 Å². The third kappa shape index (κ3) is 27.9. The van der Waals surface area contributed by atoms with Gasteiger partial charge in [-0.1, -0.05) is 33.1 Å². The molecule has 1 heterocycles. The van der Waals surface area contributed by atoms with E-state index in [1.54, 1.807) is 0 Å². The zero-order chi connectivity index (χ0) is 58.3. The Balaban J connectivity index is 0.000000431. The first-order chi connectivity index (χ1) is 37.2. The highest BCUT2D eigenvalue weighted by atomic mass is 127. The van der Waals surface area contributed by atoms with Gasteiger partial charge >= 0.3 is 17.9 Å². The van der Waals surface area contributed by atoms with Crippen molar-refractivity contribution >= 4 is 216 Å². The van der Waals surface area contributed by atoms with E-state index in [0.717, 1.165) is 121 Å². The molecular weight excluding hydrogens is 1920 g/mol. The summed E-state index contributed by atoms with van der Waals surface area (Å²) in [6.07, 6.45) is 7.01. The summed E-state index contributed by atoms with van der Waals surface area (Å²) in [6, 6.07) is 15.2. The number of nitrogens with one attached hydrogen (secondary N) is 2. The van der Waals surface area contributed by atoms with Crippen LogP contribution in [0.25, 0.3) is 0 Å². The second-order valence-electron chi connectivity index (χ2n) is 16.0. The molecule has 0 atom stereocenters. The molecule has 0 aromatic heterocycles. The van der Waals surface area contributed by atoms with Crippen molar-refractivity contribution in [3.8, 4) is 34.5 Å². The summed E-state index contributed by atoms with van der Waals surface area (Å²) < 4.78 is 31.7. The molecule has 19 nitrogen and oxygen atoms in total. The third-order valence-corrected chi connectivity index (χ3v) is 16.3. The molecule has 78 heavy (non-hydrogen) atoms. The Kier molecular flexibility index (Phi) is 38.2. The van der Waals surface area contributed by atoms with Gasteiger partial charge in [0.2, 0.25) is 5.91 Å². The number of ether oxygens (including phenoxy) is 4. The Hall–Kier alpha value is -1.22. The molecule has 0 unspecified atom stereocenters. The fourth-order valence-corrected chi connectivity index (χ4v) is 14.7. The van der Waals surface area contributed by atoms with Crippen molar-refractivity contribution in [2.75, 3.05) is 52.6 Å². The minimum absolute atomic E-state index is 0.00332. The molecule has 4 aromatic rings. The predicted molar refractivity (Wildman–Crippen MR) is 361 cm³/mol. The number of rotatable bonds is 28. The molecule has 1 fully saturated rings. The van der Waals surface area contributed by atoms with Crippen molar-refractivity contribution in [3.63, 3.8) is 0 Å². The van der Waals surface area contributed by atoms with Gasteiger partial charge in [0.25, 0.3) is 11.8 Å². The van der Waals surface area contributed by atoms with Gasteiger partial charge in [0.05, 0.1) is 54.6 Å². The number of carbonyl (C=O) groups excluding carboxylic acids is 4. The highest BCUT2D eigenvalue weighted by Crippen LogP contribution is 2.39. The highest BCUT2D eigenvalue weighted by molar-refractivity contribution is 14.1. The fraction of sp³-hybridized carbons (Fsp3) is 0.412. The number of hydrogen-bond acceptors (Lipinski definition) is 15. The normalized spacial score (nSPS) is 11.5. The van der Waals surface area contributed by atoms with Crippen molar-refractivity contribution < 1.29 is 73.0 Å². The number of nitrogens with two attached hydrogens (primary N) is 1. The lowest BCUT2D eigenvalue weighted by molar-refractivity contribution is -0.199. The third-order valence-electron chi connectivity index (χ3n) is 9.87. The zero-order valence-corrected chi connectivity index (χ0v) is 59.6. The number of amides is 3. The number of benzene rings is 4. The van der Waals surface area contributed by atoms with Crippen LogP contribution in [0.2, 0.25) is 0 Å². The summed E-state index contributed by atoms with van der Waals surface area (Å²) in [5, 5.41) is 41.3. The maximum Gasteiger partial charge on any atom is 0.358 e. The Morgan fingerprint density at radius 2 is 0.923 bits per heavy atom. The smallest absolute Gasteiger partial charge is 0.358 e. The predicted octanol–water partition coefficient (Wildman–Crippen LogP) is 10.8. The molecule has 5 rings (SSSR count). The standard InChI is InChI=1S/C23H25I4NO6.C20H22I4N2O4.C6H7NO5.C2H6/c24-16-8-14(10-21(31)32)9-17(25)23(16)34-15-11-18(26)22(19(27)12-15)33-7-5-3-1-2-4-6-28-20(30)13-29;21-14-7-12(9-18(27)28)8-15(22)20(14)30-13-10-16(23)19(17(24)11-13)29-6-2-5-26-4-1-3-25;8-3-6(11)12-7-4(9)1-2-5(7)10;1-2/h8-9,11-12,29H,1-7,10,13H2,(H,28,30)(H,31,32);7-8,10-11,26H,1-6,9,25H2,(H,27,28);8H,1-3H2;1-2H3. The Morgan fingerprint density at radius 1 is 0.538 bits per heavy atom. The van der Waals surface area contributed by atoms with E-state index in [4.69, 9.17) is 45.1 Å². The number of aliphatic hydroxyl groups excluding tert-OH is 2. The van der Waals surface area contributed by atoms with Crippen LogP contribution in [0.15, 0.2) is 48.5 Å². The van der Waals surface area contributed by atoms with E-state index in [1.165, 1.54) is 0 Å². The van der Waals surface area contributed by atoms with Gasteiger partial charge < -0.3 is 60.6 Å². The number of hydrogen-bond donors (Lipinski definition) is 7. The van der Waals surface area contributed by atoms with Crippen LogP contribution in [-0.4, -0.2) is 114 Å². The molecule has 1 saturated heterocycles. The van der Waals surface area contributed by atoms with Crippen LogP contribution in [0.4, 0.5) is 0 Å². The van der Waals surface area contributed by atoms with Gasteiger partial charge in [-0.25, -0.2) is 4.79 Å². The van der Waals surface area contributed by atoms with Crippen molar-refractivity contribution in [1.29, 1.82) is 0 Å². The van der Waals surface area contributed by atoms with Crippen LogP contribution in [-0.2, 0) is 46.4 Å². The van der Waals surface area contributed by atoms with Crippen LogP contribution < -0.4 is 35.3 Å². The summed E-state index contributed by atoms with van der Waals surface area (Å²) >= 11 is 17.7. The number of hydroxylamine groups is 2. The van der Waals surface area contributed by atoms with E-state index >= 15 is 0 Å². The molecule has 0 spiro atoms. The highest BCUT2D eigenvalue weighted by Gasteiger charge is 2.32. The summed E-state index contributed by atoms with van der Waals surface area (Å²) in [4.78, 5) is 69.2. The van der Waals surface area contributed by atoms with Crippen LogP contribution in [0.1, 0.15) is 82.8 Å². The van der Waals surface area contributed by atoms with Gasteiger partial charge in [-0.15, -0.1) is 5.06 Å². The first-order valence-electron chi connectivity index (χ1n) is 24.1. The molecule has 0 aliphatic carbocycles. The minimum Gasteiger partial charge on any atom is -0.491 e. The zero-order valence-electron chi connectivity index (χ0n) is 42.4. The van der Waals surface area contributed by atoms with Gasteiger partial charge in [-0.05, 0) is 286 Å². The number of aliphatic hydroxyl groups is 2. The number of imide groups is 1. The summed E-state index contributed by atoms with van der Waals surface area (Å²) in [6.45, 7) is 7.12. The number of carboxylic acid groups (broad SMARTS) is 2. The molecule has 8 N–H and O–H groups in total. The Bertz CT molecular complexity index is 2520. The number of halogens is 8. The molecule has 0 radical (unpaired) electrons. The number of nitrogens with zero attached hydrogens (tertiary/aromatic N) is 1. The topological polar surface area (TPSA) is 283 Å². The van der Waals surface area contributed by atoms with E-state index < -0.39 is 42.9 Å². The van der Waals surface area contributed by atoms with Gasteiger partial charge in [-0.3, -0.25) is 24.0 Å². The van der Waals surface area contributed by atoms with E-state index in [1.807, 2.05) is 62.4 Å². The summed E-state index contributed by atoms with van der Waals surface area (Å²) in [7, 11) is 0. The maximum absolute atomic E-state index is 11.0. The van der Waals surface area contributed by atoms with Crippen LogP contribution in [0.5, 0.6) is 34.5 Å².